The Bertz CT molecular complexity index is 733. The van der Waals surface area contributed by atoms with Crippen molar-refractivity contribution >= 4 is 11.5 Å². The zero-order valence-corrected chi connectivity index (χ0v) is 11.7. The molecule has 0 bridgehead atoms. The Morgan fingerprint density at radius 3 is 2.05 bits per heavy atom. The normalized spacial score (nSPS) is 34.3. The lowest BCUT2D eigenvalue weighted by atomic mass is 9.82. The van der Waals surface area contributed by atoms with Gasteiger partial charge in [0.15, 0.2) is 0 Å². The molecule has 1 aliphatic heterocycles. The van der Waals surface area contributed by atoms with E-state index in [2.05, 4.69) is 9.80 Å². The Kier molecular flexibility index (Phi) is 1.60. The molecule has 0 saturated heterocycles. The molecule has 6 heteroatoms. The quantitative estimate of drug-likeness (QED) is 0.641. The second-order valence-electron chi connectivity index (χ2n) is 6.24. The molecule has 2 atom stereocenters. The van der Waals surface area contributed by atoms with E-state index in [9.17, 15) is 9.59 Å². The molecule has 1 aromatic heterocycles. The van der Waals surface area contributed by atoms with Crippen LogP contribution in [0.25, 0.3) is 0 Å². The van der Waals surface area contributed by atoms with Gasteiger partial charge < -0.3 is 9.80 Å². The van der Waals surface area contributed by atoms with E-state index in [1.165, 1.54) is 4.57 Å². The molecule has 1 aromatic rings. The summed E-state index contributed by atoms with van der Waals surface area (Å²) in [4.78, 5) is 28.9. The second-order valence-corrected chi connectivity index (χ2v) is 6.24. The van der Waals surface area contributed by atoms with E-state index >= 15 is 0 Å². The van der Waals surface area contributed by atoms with Gasteiger partial charge in [-0.05, 0) is 19.3 Å². The van der Waals surface area contributed by atoms with Gasteiger partial charge in [-0.15, -0.1) is 0 Å². The zero-order valence-electron chi connectivity index (χ0n) is 11.7. The summed E-state index contributed by atoms with van der Waals surface area (Å²) < 4.78 is 2.80. The van der Waals surface area contributed by atoms with Gasteiger partial charge in [-0.1, -0.05) is 0 Å². The van der Waals surface area contributed by atoms with Crippen LogP contribution in [0.3, 0.4) is 0 Å². The minimum Gasteiger partial charge on any atom is -0.359 e. The van der Waals surface area contributed by atoms with E-state index in [0.29, 0.717) is 5.69 Å². The van der Waals surface area contributed by atoms with Crippen molar-refractivity contribution in [1.29, 1.82) is 0 Å². The van der Waals surface area contributed by atoms with Crippen molar-refractivity contribution in [3.63, 3.8) is 0 Å². The third-order valence-corrected chi connectivity index (χ3v) is 5.83. The van der Waals surface area contributed by atoms with Crippen molar-refractivity contribution in [2.75, 3.05) is 23.9 Å². The highest BCUT2D eigenvalue weighted by atomic mass is 16.2. The summed E-state index contributed by atoms with van der Waals surface area (Å²) in [5, 5.41) is 0. The average Bonchev–Trinajstić information content (AvgIpc) is 2.89. The number of rotatable bonds is 0. The first-order valence-electron chi connectivity index (χ1n) is 6.65. The van der Waals surface area contributed by atoms with Gasteiger partial charge in [0.05, 0.1) is 11.1 Å². The first-order chi connectivity index (χ1) is 8.87. The highest BCUT2D eigenvalue weighted by molar-refractivity contribution is 5.78. The number of aromatic nitrogens is 2. The van der Waals surface area contributed by atoms with Crippen LogP contribution in [0.4, 0.5) is 11.5 Å². The van der Waals surface area contributed by atoms with E-state index in [-0.39, 0.29) is 22.3 Å². The van der Waals surface area contributed by atoms with Crippen molar-refractivity contribution in [2.24, 2.45) is 14.1 Å². The summed E-state index contributed by atoms with van der Waals surface area (Å²) in [6, 6.07) is 0. The van der Waals surface area contributed by atoms with Gasteiger partial charge in [-0.25, -0.2) is 4.79 Å². The zero-order chi connectivity index (χ0) is 13.7. The van der Waals surface area contributed by atoms with Gasteiger partial charge in [0, 0.05) is 28.2 Å². The topological polar surface area (TPSA) is 50.5 Å². The molecule has 6 nitrogen and oxygen atoms in total. The van der Waals surface area contributed by atoms with Gasteiger partial charge in [-0.3, -0.25) is 13.9 Å². The van der Waals surface area contributed by atoms with Crippen LogP contribution in [0.5, 0.6) is 0 Å². The van der Waals surface area contributed by atoms with Gasteiger partial charge in [0.1, 0.15) is 11.5 Å². The predicted molar refractivity (Wildman–Crippen MR) is 73.0 cm³/mol. The molecule has 4 rings (SSSR count). The molecule has 2 saturated carbocycles. The van der Waals surface area contributed by atoms with E-state index < -0.39 is 0 Å². The Morgan fingerprint density at radius 1 is 0.895 bits per heavy atom. The molecular weight excluding hydrogens is 244 g/mol. The molecule has 3 aliphatic rings. The molecule has 2 fully saturated rings. The van der Waals surface area contributed by atoms with Crippen LogP contribution in [0.15, 0.2) is 9.59 Å². The van der Waals surface area contributed by atoms with Crippen molar-refractivity contribution in [3.05, 3.63) is 20.8 Å². The van der Waals surface area contributed by atoms with Crippen LogP contribution < -0.4 is 21.0 Å². The van der Waals surface area contributed by atoms with E-state index in [4.69, 9.17) is 0 Å². The average molecular weight is 262 g/mol. The Labute approximate surface area is 110 Å². The summed E-state index contributed by atoms with van der Waals surface area (Å²) in [5.74, 6) is 0.767. The first-order valence-corrected chi connectivity index (χ1v) is 6.65. The number of anilines is 2. The molecule has 0 aromatic carbocycles. The molecule has 0 spiro atoms. The molecular formula is C13H18N4O2. The Morgan fingerprint density at radius 2 is 1.47 bits per heavy atom. The first kappa shape index (κ1) is 11.1. The number of nitrogens with zero attached hydrogens (tertiary/aromatic N) is 4. The maximum atomic E-state index is 12.5. The molecule has 2 heterocycles. The highest BCUT2D eigenvalue weighted by Crippen LogP contribution is 2.72. The molecule has 102 valence electrons. The molecule has 2 unspecified atom stereocenters. The van der Waals surface area contributed by atoms with Crippen LogP contribution in [0, 0.1) is 0 Å². The number of fused-ring (bicyclic) bond motifs is 1. The van der Waals surface area contributed by atoms with E-state index in [0.717, 1.165) is 25.1 Å². The lowest BCUT2D eigenvalue weighted by Gasteiger charge is -2.52. The molecule has 0 N–H and O–H groups in total. The van der Waals surface area contributed by atoms with Crippen LogP contribution in [-0.2, 0) is 14.1 Å². The number of likely N-dealkylation sites (N-methyl/N-ethyl adjacent to an activating group) is 2. The fourth-order valence-corrected chi connectivity index (χ4v) is 4.43. The Balaban J connectivity index is 2.11. The maximum absolute atomic E-state index is 12.5. The third-order valence-electron chi connectivity index (χ3n) is 5.83. The van der Waals surface area contributed by atoms with E-state index in [1.807, 2.05) is 14.1 Å². The van der Waals surface area contributed by atoms with Crippen molar-refractivity contribution < 1.29 is 0 Å². The predicted octanol–water partition coefficient (Wildman–Crippen LogP) is -0.355. The van der Waals surface area contributed by atoms with Gasteiger partial charge in [0.2, 0.25) is 0 Å². The molecule has 2 aliphatic carbocycles. The lowest BCUT2D eigenvalue weighted by Crippen LogP contribution is -2.63. The van der Waals surface area contributed by atoms with Crippen LogP contribution in [0.1, 0.15) is 19.3 Å². The minimum atomic E-state index is -0.257. The monoisotopic (exact) mass is 262 g/mol. The second kappa shape index (κ2) is 2.73. The van der Waals surface area contributed by atoms with Crippen molar-refractivity contribution in [1.82, 2.24) is 9.13 Å². The summed E-state index contributed by atoms with van der Waals surface area (Å²) in [7, 11) is 7.31. The third kappa shape index (κ3) is 0.856. The highest BCUT2D eigenvalue weighted by Gasteiger charge is 2.80. The minimum absolute atomic E-state index is 0.137. The lowest BCUT2D eigenvalue weighted by molar-refractivity contribution is 0.307. The maximum Gasteiger partial charge on any atom is 0.332 e. The fraction of sp³-hybridized carbons (Fsp3) is 0.692. The summed E-state index contributed by atoms with van der Waals surface area (Å²) in [5.41, 5.74) is 0.519. The van der Waals surface area contributed by atoms with Crippen LogP contribution in [0.2, 0.25) is 0 Å². The smallest absolute Gasteiger partial charge is 0.332 e. The van der Waals surface area contributed by atoms with Gasteiger partial charge >= 0.3 is 5.69 Å². The molecule has 0 radical (unpaired) electrons. The standard InChI is InChI=1S/C13H18N4O2/c1-14-9-8(10(18)15(2)11(14)19)16(3)12-5-6-13(12,7-12)17(9)4/h5-7H2,1-4H3. The van der Waals surface area contributed by atoms with Crippen LogP contribution >= 0.6 is 0 Å². The van der Waals surface area contributed by atoms with Gasteiger partial charge in [-0.2, -0.15) is 0 Å². The van der Waals surface area contributed by atoms with Crippen molar-refractivity contribution in [2.45, 2.75) is 30.3 Å². The summed E-state index contributed by atoms with van der Waals surface area (Å²) in [6.45, 7) is 0. The fourth-order valence-electron chi connectivity index (χ4n) is 4.43. The Hall–Kier alpha value is -1.72. The number of hydrogen-bond donors (Lipinski definition) is 0. The molecule has 0 amide bonds. The van der Waals surface area contributed by atoms with Crippen LogP contribution in [-0.4, -0.2) is 34.3 Å². The van der Waals surface area contributed by atoms with Crippen molar-refractivity contribution in [3.8, 4) is 0 Å². The largest absolute Gasteiger partial charge is 0.359 e. The number of hydrogen-bond acceptors (Lipinski definition) is 4. The molecule has 19 heavy (non-hydrogen) atoms. The van der Waals surface area contributed by atoms with E-state index in [1.54, 1.807) is 18.7 Å². The van der Waals surface area contributed by atoms with Gasteiger partial charge in [0.25, 0.3) is 5.56 Å². The summed E-state index contributed by atoms with van der Waals surface area (Å²) >= 11 is 0. The SMILES string of the molecule is CN1c2c(n(C)c(=O)n(C)c2=O)N(C)C23CCC12C3. The summed E-state index contributed by atoms with van der Waals surface area (Å²) in [6.07, 6.45) is 3.38.